The summed E-state index contributed by atoms with van der Waals surface area (Å²) in [6, 6.07) is 6.51. The average Bonchev–Trinajstić information content (AvgIpc) is 2.76. The summed E-state index contributed by atoms with van der Waals surface area (Å²) in [5.41, 5.74) is 6.29. The van der Waals surface area contributed by atoms with Gasteiger partial charge in [0.1, 0.15) is 0 Å². The lowest BCUT2D eigenvalue weighted by molar-refractivity contribution is -0.125. The van der Waals surface area contributed by atoms with E-state index in [1.54, 1.807) is 30.3 Å². The van der Waals surface area contributed by atoms with Gasteiger partial charge in [-0.25, -0.2) is 0 Å². The van der Waals surface area contributed by atoms with E-state index in [4.69, 9.17) is 5.73 Å². The minimum atomic E-state index is -0.887. The van der Waals surface area contributed by atoms with Crippen LogP contribution in [0.25, 0.3) is 6.08 Å². The Labute approximate surface area is 116 Å². The van der Waals surface area contributed by atoms with Crippen molar-refractivity contribution in [1.82, 2.24) is 4.90 Å². The summed E-state index contributed by atoms with van der Waals surface area (Å²) in [5, 5.41) is 18.7. The molecule has 6 nitrogen and oxygen atoms in total. The summed E-state index contributed by atoms with van der Waals surface area (Å²) < 4.78 is 0. The van der Waals surface area contributed by atoms with E-state index >= 15 is 0 Å². The van der Waals surface area contributed by atoms with Gasteiger partial charge in [0, 0.05) is 24.7 Å². The molecule has 1 heterocycles. The molecule has 0 bridgehead atoms. The zero-order valence-electron chi connectivity index (χ0n) is 10.8. The summed E-state index contributed by atoms with van der Waals surface area (Å²) in [6.45, 7) is 0.260. The Morgan fingerprint density at radius 3 is 2.20 bits per heavy atom. The van der Waals surface area contributed by atoms with Crippen LogP contribution in [0.1, 0.15) is 15.9 Å². The quantitative estimate of drug-likeness (QED) is 0.639. The predicted octanol–water partition coefficient (Wildman–Crippen LogP) is -0.637. The molecule has 106 valence electrons. The number of hydrogen-bond donors (Lipinski definition) is 3. The van der Waals surface area contributed by atoms with Crippen LogP contribution in [0.2, 0.25) is 0 Å². The Hall–Kier alpha value is -2.18. The number of β-amino-alcohol motifs (C(OH)–C–C–N with tert-alkyl or cyclic N) is 2. The predicted molar refractivity (Wildman–Crippen MR) is 72.6 cm³/mol. The lowest BCUT2D eigenvalue weighted by atomic mass is 10.1. The van der Waals surface area contributed by atoms with Crippen molar-refractivity contribution in [2.45, 2.75) is 12.2 Å². The summed E-state index contributed by atoms with van der Waals surface area (Å²) in [7, 11) is 0. The highest BCUT2D eigenvalue weighted by molar-refractivity contribution is 5.94. The minimum absolute atomic E-state index is 0.130. The van der Waals surface area contributed by atoms with Crippen molar-refractivity contribution in [3.8, 4) is 0 Å². The number of primary amides is 1. The number of amides is 2. The van der Waals surface area contributed by atoms with Crippen LogP contribution >= 0.6 is 0 Å². The molecule has 0 spiro atoms. The summed E-state index contributed by atoms with van der Waals surface area (Å²) >= 11 is 0. The highest BCUT2D eigenvalue weighted by atomic mass is 16.3. The second-order valence-corrected chi connectivity index (χ2v) is 4.70. The zero-order valence-corrected chi connectivity index (χ0v) is 10.8. The van der Waals surface area contributed by atoms with Gasteiger partial charge in [-0.3, -0.25) is 9.59 Å². The van der Waals surface area contributed by atoms with Gasteiger partial charge in [-0.15, -0.1) is 0 Å². The van der Waals surface area contributed by atoms with Gasteiger partial charge in [-0.2, -0.15) is 0 Å². The fourth-order valence-corrected chi connectivity index (χ4v) is 1.98. The van der Waals surface area contributed by atoms with Crippen molar-refractivity contribution in [3.05, 3.63) is 41.5 Å². The average molecular weight is 276 g/mol. The van der Waals surface area contributed by atoms with Gasteiger partial charge in [0.2, 0.25) is 11.8 Å². The smallest absolute Gasteiger partial charge is 0.248 e. The van der Waals surface area contributed by atoms with Crippen molar-refractivity contribution in [1.29, 1.82) is 0 Å². The Balaban J connectivity index is 1.99. The molecule has 0 aliphatic carbocycles. The number of nitrogens with two attached hydrogens (primary N) is 1. The van der Waals surface area contributed by atoms with E-state index in [9.17, 15) is 19.8 Å². The monoisotopic (exact) mass is 276 g/mol. The fraction of sp³-hybridized carbons (Fsp3) is 0.286. The molecule has 1 fully saturated rings. The summed E-state index contributed by atoms with van der Waals surface area (Å²) in [4.78, 5) is 24.1. The van der Waals surface area contributed by atoms with Crippen molar-refractivity contribution in [3.63, 3.8) is 0 Å². The van der Waals surface area contributed by atoms with Crippen LogP contribution in [0.5, 0.6) is 0 Å². The van der Waals surface area contributed by atoms with Crippen LogP contribution in [-0.2, 0) is 4.79 Å². The molecular weight excluding hydrogens is 260 g/mol. The first-order chi connectivity index (χ1) is 9.47. The molecule has 1 saturated heterocycles. The highest BCUT2D eigenvalue weighted by Crippen LogP contribution is 2.11. The zero-order chi connectivity index (χ0) is 14.7. The van der Waals surface area contributed by atoms with Crippen LogP contribution in [0.4, 0.5) is 0 Å². The molecule has 0 radical (unpaired) electrons. The molecule has 2 atom stereocenters. The van der Waals surface area contributed by atoms with Gasteiger partial charge in [-0.05, 0) is 23.8 Å². The van der Waals surface area contributed by atoms with Crippen LogP contribution in [0.3, 0.4) is 0 Å². The highest BCUT2D eigenvalue weighted by Gasteiger charge is 2.31. The number of carbonyl (C=O) groups excluding carboxylic acids is 2. The Morgan fingerprint density at radius 2 is 1.70 bits per heavy atom. The maximum atomic E-state index is 11.8. The minimum Gasteiger partial charge on any atom is -0.388 e. The lowest BCUT2D eigenvalue weighted by Crippen LogP contribution is -2.27. The van der Waals surface area contributed by atoms with E-state index in [0.717, 1.165) is 5.56 Å². The number of rotatable bonds is 3. The lowest BCUT2D eigenvalue weighted by Gasteiger charge is -2.12. The summed E-state index contributed by atoms with van der Waals surface area (Å²) in [5.74, 6) is -0.781. The number of nitrogens with zero attached hydrogens (tertiary/aromatic N) is 1. The number of hydrogen-bond acceptors (Lipinski definition) is 4. The molecule has 0 saturated carbocycles. The van der Waals surface area contributed by atoms with E-state index in [2.05, 4.69) is 0 Å². The normalized spacial score (nSPS) is 22.4. The topological polar surface area (TPSA) is 104 Å². The second kappa shape index (κ2) is 5.85. The van der Waals surface area contributed by atoms with Gasteiger partial charge in [0.05, 0.1) is 12.2 Å². The van der Waals surface area contributed by atoms with E-state index < -0.39 is 18.1 Å². The molecule has 1 aromatic carbocycles. The Morgan fingerprint density at radius 1 is 1.15 bits per heavy atom. The van der Waals surface area contributed by atoms with E-state index in [-0.39, 0.29) is 19.0 Å². The SMILES string of the molecule is NC(=O)c1ccc(/C=C/C(=O)N2CC(O)C(O)C2)cc1. The third kappa shape index (κ3) is 3.23. The molecule has 6 heteroatoms. The molecule has 2 amide bonds. The Kier molecular flexibility index (Phi) is 4.16. The number of carbonyl (C=O) groups is 2. The van der Waals surface area contributed by atoms with Crippen molar-refractivity contribution in [2.24, 2.45) is 5.73 Å². The third-order valence-corrected chi connectivity index (χ3v) is 3.18. The standard InChI is InChI=1S/C14H16N2O4/c15-14(20)10-4-1-9(2-5-10)3-6-13(19)16-7-11(17)12(18)8-16/h1-6,11-12,17-18H,7-8H2,(H2,15,20)/b6-3+. The van der Waals surface area contributed by atoms with Gasteiger partial charge >= 0.3 is 0 Å². The van der Waals surface area contributed by atoms with Crippen LogP contribution in [0.15, 0.2) is 30.3 Å². The first kappa shape index (κ1) is 14.2. The fourth-order valence-electron chi connectivity index (χ4n) is 1.98. The molecule has 2 unspecified atom stereocenters. The maximum Gasteiger partial charge on any atom is 0.248 e. The molecule has 4 N–H and O–H groups in total. The van der Waals surface area contributed by atoms with Crippen LogP contribution in [0, 0.1) is 0 Å². The number of aliphatic hydroxyl groups excluding tert-OH is 2. The van der Waals surface area contributed by atoms with Gasteiger partial charge in [0.25, 0.3) is 0 Å². The van der Waals surface area contributed by atoms with E-state index in [0.29, 0.717) is 5.56 Å². The van der Waals surface area contributed by atoms with Crippen molar-refractivity contribution < 1.29 is 19.8 Å². The first-order valence-electron chi connectivity index (χ1n) is 6.20. The molecule has 0 aromatic heterocycles. The summed E-state index contributed by atoms with van der Waals surface area (Å²) in [6.07, 6.45) is 1.19. The van der Waals surface area contributed by atoms with Gasteiger partial charge in [-0.1, -0.05) is 12.1 Å². The largest absolute Gasteiger partial charge is 0.388 e. The first-order valence-corrected chi connectivity index (χ1v) is 6.20. The van der Waals surface area contributed by atoms with Gasteiger partial charge < -0.3 is 20.8 Å². The van der Waals surface area contributed by atoms with Gasteiger partial charge in [0.15, 0.2) is 0 Å². The molecular formula is C14H16N2O4. The van der Waals surface area contributed by atoms with Crippen LogP contribution < -0.4 is 5.73 Å². The molecule has 1 aromatic rings. The number of likely N-dealkylation sites (tertiary alicyclic amines) is 1. The Bertz CT molecular complexity index is 529. The second-order valence-electron chi connectivity index (χ2n) is 4.70. The molecule has 2 rings (SSSR count). The molecule has 1 aliphatic heterocycles. The van der Waals surface area contributed by atoms with Crippen molar-refractivity contribution >= 4 is 17.9 Å². The third-order valence-electron chi connectivity index (χ3n) is 3.18. The van der Waals surface area contributed by atoms with E-state index in [1.807, 2.05) is 0 Å². The number of aliphatic hydroxyl groups is 2. The van der Waals surface area contributed by atoms with E-state index in [1.165, 1.54) is 11.0 Å². The van der Waals surface area contributed by atoms with Crippen molar-refractivity contribution in [2.75, 3.05) is 13.1 Å². The maximum absolute atomic E-state index is 11.8. The van der Waals surface area contributed by atoms with Crippen LogP contribution in [-0.4, -0.2) is 52.2 Å². The number of benzene rings is 1. The molecule has 20 heavy (non-hydrogen) atoms. The molecule has 1 aliphatic rings.